The lowest BCUT2D eigenvalue weighted by Crippen LogP contribution is -2.50. The first-order valence-corrected chi connectivity index (χ1v) is 11.0. The Kier molecular flexibility index (Phi) is 6.27. The predicted octanol–water partition coefficient (Wildman–Crippen LogP) is 2.99. The van der Waals surface area contributed by atoms with Crippen LogP contribution in [0.1, 0.15) is 18.9 Å². The number of benzene rings is 1. The van der Waals surface area contributed by atoms with Crippen LogP contribution in [0.3, 0.4) is 0 Å². The van der Waals surface area contributed by atoms with Gasteiger partial charge in [-0.25, -0.2) is 4.98 Å². The fourth-order valence-electron chi connectivity index (χ4n) is 3.98. The van der Waals surface area contributed by atoms with E-state index in [9.17, 15) is 0 Å². The molecule has 0 spiro atoms. The molecule has 2 saturated heterocycles. The van der Waals surface area contributed by atoms with E-state index < -0.39 is 0 Å². The third-order valence-corrected chi connectivity index (χ3v) is 6.66. The summed E-state index contributed by atoms with van der Waals surface area (Å²) in [5.41, 5.74) is 1.32. The van der Waals surface area contributed by atoms with Crippen molar-refractivity contribution in [3.8, 4) is 0 Å². The normalized spacial score (nSPS) is 21.7. The third-order valence-electron chi connectivity index (χ3n) is 5.69. The van der Waals surface area contributed by atoms with Crippen LogP contribution in [0.15, 0.2) is 47.8 Å². The fourth-order valence-corrected chi connectivity index (χ4v) is 4.78. The van der Waals surface area contributed by atoms with E-state index in [0.29, 0.717) is 6.04 Å². The molecule has 2 aliphatic heterocycles. The summed E-state index contributed by atoms with van der Waals surface area (Å²) in [6.07, 6.45) is 5.04. The van der Waals surface area contributed by atoms with Gasteiger partial charge >= 0.3 is 0 Å². The van der Waals surface area contributed by atoms with Crippen LogP contribution in [0.4, 0.5) is 5.82 Å². The number of piperazine rings is 1. The Hall–Kier alpha value is -1.63. The van der Waals surface area contributed by atoms with Gasteiger partial charge in [0.1, 0.15) is 10.8 Å². The average Bonchev–Trinajstić information content (AvgIpc) is 3.24. The molecule has 0 bridgehead atoms. The van der Waals surface area contributed by atoms with Gasteiger partial charge in [0.25, 0.3) is 0 Å². The van der Waals surface area contributed by atoms with E-state index in [1.807, 2.05) is 12.4 Å². The van der Waals surface area contributed by atoms with Crippen LogP contribution in [-0.4, -0.2) is 71.6 Å². The van der Waals surface area contributed by atoms with Gasteiger partial charge < -0.3 is 9.80 Å². The van der Waals surface area contributed by atoms with E-state index in [2.05, 4.69) is 56.9 Å². The summed E-state index contributed by atoms with van der Waals surface area (Å²) in [6.45, 7) is 10.4. The zero-order valence-electron chi connectivity index (χ0n) is 16.1. The maximum atomic E-state index is 4.87. The molecule has 0 radical (unpaired) electrons. The first-order chi connectivity index (χ1) is 13.3. The zero-order chi connectivity index (χ0) is 18.5. The molecule has 0 N–H and O–H groups in total. The number of thioether (sulfide) groups is 1. The molecule has 0 saturated carbocycles. The van der Waals surface area contributed by atoms with Crippen molar-refractivity contribution >= 4 is 17.6 Å². The number of likely N-dealkylation sites (N-methyl/N-ethyl adjacent to an activating group) is 1. The molecule has 0 aliphatic carbocycles. The maximum absolute atomic E-state index is 4.87. The highest BCUT2D eigenvalue weighted by Gasteiger charge is 2.30. The van der Waals surface area contributed by atoms with Crippen molar-refractivity contribution in [2.24, 2.45) is 0 Å². The number of rotatable bonds is 6. The molecular weight excluding hydrogens is 354 g/mol. The zero-order valence-corrected chi connectivity index (χ0v) is 16.9. The fraction of sp³-hybridized carbons (Fsp3) is 0.524. The van der Waals surface area contributed by atoms with Gasteiger partial charge in [-0.15, -0.1) is 11.8 Å². The number of aromatic nitrogens is 2. The van der Waals surface area contributed by atoms with Gasteiger partial charge in [-0.05, 0) is 18.5 Å². The number of nitrogens with zero attached hydrogens (tertiary/aromatic N) is 5. The molecule has 27 heavy (non-hydrogen) atoms. The van der Waals surface area contributed by atoms with Gasteiger partial charge in [0.05, 0.1) is 12.4 Å². The molecule has 144 valence electrons. The van der Waals surface area contributed by atoms with Gasteiger partial charge in [-0.3, -0.25) is 9.88 Å². The highest BCUT2D eigenvalue weighted by molar-refractivity contribution is 7.98. The average molecular weight is 384 g/mol. The SMILES string of the molecule is CCN1CCN(C2CCN(c3cncc(SCc4ccccc4)n3)C2)CC1. The minimum atomic E-state index is 0.659. The van der Waals surface area contributed by atoms with Gasteiger partial charge in [0.2, 0.25) is 0 Å². The second-order valence-electron chi connectivity index (χ2n) is 7.35. The molecule has 4 rings (SSSR count). The van der Waals surface area contributed by atoms with Crippen LogP contribution in [-0.2, 0) is 5.75 Å². The Balaban J connectivity index is 1.33. The smallest absolute Gasteiger partial charge is 0.148 e. The lowest BCUT2D eigenvalue weighted by molar-refractivity contribution is 0.107. The molecule has 6 heteroatoms. The Morgan fingerprint density at radius 3 is 2.63 bits per heavy atom. The molecule has 3 heterocycles. The highest BCUT2D eigenvalue weighted by atomic mass is 32.2. The second kappa shape index (κ2) is 9.04. The van der Waals surface area contributed by atoms with Crippen LogP contribution in [0, 0.1) is 0 Å². The lowest BCUT2D eigenvalue weighted by atomic mass is 10.2. The molecule has 1 unspecified atom stereocenters. The van der Waals surface area contributed by atoms with E-state index in [4.69, 9.17) is 4.98 Å². The van der Waals surface area contributed by atoms with Crippen LogP contribution >= 0.6 is 11.8 Å². The molecule has 2 aromatic rings. The predicted molar refractivity (Wildman–Crippen MR) is 112 cm³/mol. The van der Waals surface area contributed by atoms with E-state index in [1.54, 1.807) is 11.8 Å². The van der Waals surface area contributed by atoms with Crippen molar-refractivity contribution in [1.29, 1.82) is 0 Å². The number of anilines is 1. The van der Waals surface area contributed by atoms with Crippen molar-refractivity contribution in [2.45, 2.75) is 30.2 Å². The summed E-state index contributed by atoms with van der Waals surface area (Å²) in [7, 11) is 0. The van der Waals surface area contributed by atoms with Gasteiger partial charge in [0.15, 0.2) is 0 Å². The quantitative estimate of drug-likeness (QED) is 0.714. The number of hydrogen-bond donors (Lipinski definition) is 0. The second-order valence-corrected chi connectivity index (χ2v) is 8.34. The summed E-state index contributed by atoms with van der Waals surface area (Å²) >= 11 is 1.76. The minimum absolute atomic E-state index is 0.659. The molecule has 2 aliphatic rings. The molecule has 2 fully saturated rings. The van der Waals surface area contributed by atoms with Gasteiger partial charge in [-0.2, -0.15) is 0 Å². The minimum Gasteiger partial charge on any atom is -0.354 e. The summed E-state index contributed by atoms with van der Waals surface area (Å²) in [6, 6.07) is 11.2. The monoisotopic (exact) mass is 383 g/mol. The van der Waals surface area contributed by atoms with Crippen molar-refractivity contribution in [1.82, 2.24) is 19.8 Å². The van der Waals surface area contributed by atoms with E-state index in [0.717, 1.165) is 29.7 Å². The Labute approximate surface area is 166 Å². The first-order valence-electron chi connectivity index (χ1n) is 10.0. The Morgan fingerprint density at radius 1 is 1.04 bits per heavy atom. The highest BCUT2D eigenvalue weighted by Crippen LogP contribution is 2.25. The lowest BCUT2D eigenvalue weighted by Gasteiger charge is -2.37. The van der Waals surface area contributed by atoms with E-state index in [1.165, 1.54) is 44.7 Å². The largest absolute Gasteiger partial charge is 0.354 e. The number of hydrogen-bond acceptors (Lipinski definition) is 6. The maximum Gasteiger partial charge on any atom is 0.148 e. The molecular formula is C21H29N5S. The summed E-state index contributed by atoms with van der Waals surface area (Å²) < 4.78 is 0. The molecule has 1 aromatic carbocycles. The molecule has 0 amide bonds. The molecule has 1 aromatic heterocycles. The van der Waals surface area contributed by atoms with Crippen LogP contribution < -0.4 is 4.90 Å². The Bertz CT molecular complexity index is 718. The summed E-state index contributed by atoms with van der Waals surface area (Å²) in [5.74, 6) is 1.96. The Morgan fingerprint density at radius 2 is 1.85 bits per heavy atom. The van der Waals surface area contributed by atoms with E-state index in [-0.39, 0.29) is 0 Å². The van der Waals surface area contributed by atoms with E-state index >= 15 is 0 Å². The van der Waals surface area contributed by atoms with Crippen molar-refractivity contribution < 1.29 is 0 Å². The summed E-state index contributed by atoms with van der Waals surface area (Å²) in [4.78, 5) is 17.0. The first kappa shape index (κ1) is 18.7. The van der Waals surface area contributed by atoms with Crippen LogP contribution in [0.2, 0.25) is 0 Å². The van der Waals surface area contributed by atoms with Crippen molar-refractivity contribution in [3.05, 3.63) is 48.3 Å². The van der Waals surface area contributed by atoms with Crippen molar-refractivity contribution in [2.75, 3.05) is 50.7 Å². The topological polar surface area (TPSA) is 35.5 Å². The molecule has 5 nitrogen and oxygen atoms in total. The van der Waals surface area contributed by atoms with Gasteiger partial charge in [-0.1, -0.05) is 37.3 Å². The van der Waals surface area contributed by atoms with Gasteiger partial charge in [0, 0.05) is 51.1 Å². The molecule has 1 atom stereocenters. The summed E-state index contributed by atoms with van der Waals surface area (Å²) in [5, 5.41) is 1.01. The van der Waals surface area contributed by atoms with Crippen molar-refractivity contribution in [3.63, 3.8) is 0 Å². The standard InChI is InChI=1S/C21H29N5S/c1-2-24-10-12-25(13-11-24)19-8-9-26(16-19)20-14-22-15-21(23-20)27-17-18-6-4-3-5-7-18/h3-7,14-15,19H,2,8-13,16-17H2,1H3. The third kappa shape index (κ3) is 4.81. The van der Waals surface area contributed by atoms with Crippen LogP contribution in [0.25, 0.3) is 0 Å². The van der Waals surface area contributed by atoms with Crippen LogP contribution in [0.5, 0.6) is 0 Å².